The number of terminal acetylenes is 1. The molecule has 0 aliphatic carbocycles. The molecule has 0 amide bonds. The fourth-order valence-corrected chi connectivity index (χ4v) is 3.22. The topological polar surface area (TPSA) is 59.4 Å². The number of ether oxygens (including phenoxy) is 1. The quantitative estimate of drug-likeness (QED) is 0.571. The SMILES string of the molecule is C#Cc1c(-c2ccccc2)[nH]n2c(=O)c(-c3ccc(OC)cc3)c(C)nc12. The highest BCUT2D eigenvalue weighted by molar-refractivity contribution is 5.77. The van der Waals surface area contributed by atoms with Crippen LogP contribution in [0.5, 0.6) is 5.75 Å². The van der Waals surface area contributed by atoms with Crippen molar-refractivity contribution in [2.24, 2.45) is 0 Å². The van der Waals surface area contributed by atoms with Gasteiger partial charge in [-0.1, -0.05) is 48.4 Å². The number of aromatic amines is 1. The highest BCUT2D eigenvalue weighted by Crippen LogP contribution is 2.26. The summed E-state index contributed by atoms with van der Waals surface area (Å²) in [5, 5.41) is 3.13. The minimum atomic E-state index is -0.193. The van der Waals surface area contributed by atoms with Gasteiger partial charge >= 0.3 is 0 Å². The Kier molecular flexibility index (Phi) is 4.02. The number of hydrogen-bond donors (Lipinski definition) is 1. The molecule has 0 aliphatic rings. The number of methoxy groups -OCH3 is 1. The lowest BCUT2D eigenvalue weighted by molar-refractivity contribution is 0.415. The first kappa shape index (κ1) is 16.7. The highest BCUT2D eigenvalue weighted by Gasteiger charge is 2.18. The van der Waals surface area contributed by atoms with E-state index in [2.05, 4.69) is 16.0 Å². The molecule has 5 heteroatoms. The van der Waals surface area contributed by atoms with Crippen LogP contribution < -0.4 is 10.3 Å². The smallest absolute Gasteiger partial charge is 0.280 e. The molecule has 4 rings (SSSR count). The van der Waals surface area contributed by atoms with E-state index in [1.54, 1.807) is 7.11 Å². The van der Waals surface area contributed by atoms with Crippen molar-refractivity contribution in [2.45, 2.75) is 6.92 Å². The van der Waals surface area contributed by atoms with Crippen LogP contribution in [0.4, 0.5) is 0 Å². The third-order valence-electron chi connectivity index (χ3n) is 4.55. The van der Waals surface area contributed by atoms with Crippen LogP contribution in [-0.4, -0.2) is 21.7 Å². The normalized spacial score (nSPS) is 10.7. The summed E-state index contributed by atoms with van der Waals surface area (Å²) in [6.45, 7) is 1.82. The van der Waals surface area contributed by atoms with E-state index in [9.17, 15) is 4.79 Å². The van der Waals surface area contributed by atoms with Crippen molar-refractivity contribution in [1.82, 2.24) is 14.6 Å². The van der Waals surface area contributed by atoms with E-state index in [4.69, 9.17) is 11.2 Å². The average molecular weight is 355 g/mol. The Morgan fingerprint density at radius 3 is 2.41 bits per heavy atom. The van der Waals surface area contributed by atoms with Crippen molar-refractivity contribution in [1.29, 1.82) is 0 Å². The molecule has 0 unspecified atom stereocenters. The van der Waals surface area contributed by atoms with E-state index in [0.717, 1.165) is 16.9 Å². The Morgan fingerprint density at radius 1 is 1.07 bits per heavy atom. The van der Waals surface area contributed by atoms with Gasteiger partial charge in [0.2, 0.25) is 0 Å². The van der Waals surface area contributed by atoms with Crippen LogP contribution in [0, 0.1) is 19.3 Å². The lowest BCUT2D eigenvalue weighted by atomic mass is 10.1. The lowest BCUT2D eigenvalue weighted by Gasteiger charge is -2.07. The number of benzene rings is 2. The van der Waals surface area contributed by atoms with E-state index in [1.165, 1.54) is 4.52 Å². The highest BCUT2D eigenvalue weighted by atomic mass is 16.5. The molecule has 2 aromatic heterocycles. The second kappa shape index (κ2) is 6.50. The monoisotopic (exact) mass is 355 g/mol. The summed E-state index contributed by atoms with van der Waals surface area (Å²) in [6, 6.07) is 17.0. The molecule has 0 radical (unpaired) electrons. The number of fused-ring (bicyclic) bond motifs is 1. The van der Waals surface area contributed by atoms with Gasteiger partial charge in [0, 0.05) is 5.56 Å². The Labute approximate surface area is 156 Å². The number of aromatic nitrogens is 3. The summed E-state index contributed by atoms with van der Waals surface area (Å²) in [6.07, 6.45) is 5.74. The molecule has 1 N–H and O–H groups in total. The number of nitrogens with zero attached hydrogens (tertiary/aromatic N) is 2. The minimum absolute atomic E-state index is 0.193. The third-order valence-corrected chi connectivity index (χ3v) is 4.55. The number of rotatable bonds is 3. The number of H-pyrrole nitrogens is 1. The standard InChI is InChI=1S/C22H17N3O2/c1-4-18-20(16-8-6-5-7-9-16)24-25-21(18)23-14(2)19(22(25)26)15-10-12-17(27-3)13-11-15/h1,5-13,24H,2-3H3. The zero-order valence-electron chi connectivity index (χ0n) is 15.0. The van der Waals surface area contributed by atoms with Crippen LogP contribution in [0.25, 0.3) is 28.0 Å². The Balaban J connectivity index is 1.99. The van der Waals surface area contributed by atoms with Gasteiger partial charge in [0.1, 0.15) is 5.75 Å². The second-order valence-electron chi connectivity index (χ2n) is 6.14. The molecular weight excluding hydrogens is 338 g/mol. The molecule has 4 aromatic rings. The predicted octanol–water partition coefficient (Wildman–Crippen LogP) is 3.65. The number of nitrogens with one attached hydrogen (secondary N) is 1. The summed E-state index contributed by atoms with van der Waals surface area (Å²) in [5.41, 5.74) is 4.37. The molecule has 0 saturated carbocycles. The maximum atomic E-state index is 13.2. The zero-order chi connectivity index (χ0) is 19.0. The van der Waals surface area contributed by atoms with Crippen LogP contribution in [-0.2, 0) is 0 Å². The van der Waals surface area contributed by atoms with E-state index >= 15 is 0 Å². The largest absolute Gasteiger partial charge is 0.497 e. The van der Waals surface area contributed by atoms with Gasteiger partial charge in [0.25, 0.3) is 5.56 Å². The van der Waals surface area contributed by atoms with Crippen molar-refractivity contribution in [2.75, 3.05) is 7.11 Å². The van der Waals surface area contributed by atoms with Crippen molar-refractivity contribution >= 4 is 5.65 Å². The molecule has 0 atom stereocenters. The summed E-state index contributed by atoms with van der Waals surface area (Å²) in [7, 11) is 1.61. The molecule has 0 spiro atoms. The second-order valence-corrected chi connectivity index (χ2v) is 6.14. The van der Waals surface area contributed by atoms with Gasteiger partial charge in [0.05, 0.1) is 29.6 Å². The first-order valence-electron chi connectivity index (χ1n) is 8.46. The van der Waals surface area contributed by atoms with Crippen LogP contribution >= 0.6 is 0 Å². The summed E-state index contributed by atoms with van der Waals surface area (Å²) >= 11 is 0. The molecule has 2 heterocycles. The summed E-state index contributed by atoms with van der Waals surface area (Å²) in [4.78, 5) is 17.8. The zero-order valence-corrected chi connectivity index (χ0v) is 15.0. The summed E-state index contributed by atoms with van der Waals surface area (Å²) < 4.78 is 6.61. The predicted molar refractivity (Wildman–Crippen MR) is 106 cm³/mol. The van der Waals surface area contributed by atoms with E-state index < -0.39 is 0 Å². The van der Waals surface area contributed by atoms with E-state index in [1.807, 2.05) is 61.5 Å². The maximum absolute atomic E-state index is 13.2. The number of aryl methyl sites for hydroxylation is 1. The van der Waals surface area contributed by atoms with Crippen molar-refractivity contribution < 1.29 is 4.74 Å². The molecule has 132 valence electrons. The van der Waals surface area contributed by atoms with E-state index in [0.29, 0.717) is 28.2 Å². The van der Waals surface area contributed by atoms with Crippen LogP contribution in [0.15, 0.2) is 59.4 Å². The molecule has 5 nitrogen and oxygen atoms in total. The van der Waals surface area contributed by atoms with Gasteiger partial charge in [-0.15, -0.1) is 6.42 Å². The van der Waals surface area contributed by atoms with Crippen LogP contribution in [0.2, 0.25) is 0 Å². The maximum Gasteiger partial charge on any atom is 0.280 e. The van der Waals surface area contributed by atoms with E-state index in [-0.39, 0.29) is 5.56 Å². The Morgan fingerprint density at radius 2 is 1.78 bits per heavy atom. The minimum Gasteiger partial charge on any atom is -0.497 e. The fraction of sp³-hybridized carbons (Fsp3) is 0.0909. The van der Waals surface area contributed by atoms with Crippen molar-refractivity contribution in [3.8, 4) is 40.5 Å². The molecule has 0 bridgehead atoms. The average Bonchev–Trinajstić information content (AvgIpc) is 3.08. The Bertz CT molecular complexity index is 1230. The molecule has 27 heavy (non-hydrogen) atoms. The third kappa shape index (κ3) is 2.68. The molecule has 0 saturated heterocycles. The lowest BCUT2D eigenvalue weighted by Crippen LogP contribution is -2.19. The fourth-order valence-electron chi connectivity index (χ4n) is 3.22. The van der Waals surface area contributed by atoms with Crippen LogP contribution in [0.3, 0.4) is 0 Å². The Hall–Kier alpha value is -3.78. The van der Waals surface area contributed by atoms with Crippen molar-refractivity contribution in [3.05, 3.63) is 76.2 Å². The van der Waals surface area contributed by atoms with Gasteiger partial charge in [-0.25, -0.2) is 4.98 Å². The molecule has 0 aliphatic heterocycles. The molecule has 2 aromatic carbocycles. The van der Waals surface area contributed by atoms with Gasteiger partial charge in [-0.05, 0) is 24.6 Å². The first-order chi connectivity index (χ1) is 13.1. The van der Waals surface area contributed by atoms with Gasteiger partial charge in [0.15, 0.2) is 5.65 Å². The summed E-state index contributed by atoms with van der Waals surface area (Å²) in [5.74, 6) is 3.40. The van der Waals surface area contributed by atoms with Gasteiger partial charge in [-0.3, -0.25) is 9.89 Å². The van der Waals surface area contributed by atoms with Gasteiger partial charge < -0.3 is 4.74 Å². The molecule has 0 fully saturated rings. The van der Waals surface area contributed by atoms with Crippen LogP contribution in [0.1, 0.15) is 11.3 Å². The van der Waals surface area contributed by atoms with Gasteiger partial charge in [-0.2, -0.15) is 4.52 Å². The first-order valence-corrected chi connectivity index (χ1v) is 8.46. The molecular formula is C22H17N3O2. The van der Waals surface area contributed by atoms with Crippen molar-refractivity contribution in [3.63, 3.8) is 0 Å². The number of hydrogen-bond acceptors (Lipinski definition) is 3.